The predicted octanol–water partition coefficient (Wildman–Crippen LogP) is 1.96. The molecule has 0 spiro atoms. The van der Waals surface area contributed by atoms with Crippen LogP contribution < -0.4 is 10.9 Å². The molecule has 110 valence electrons. The fraction of sp³-hybridized carbons (Fsp3) is 0.400. The highest BCUT2D eigenvalue weighted by Gasteiger charge is 2.22. The Labute approximate surface area is 126 Å². The first-order valence-electron chi connectivity index (χ1n) is 7.11. The van der Waals surface area contributed by atoms with Crippen LogP contribution in [0.25, 0.3) is 0 Å². The van der Waals surface area contributed by atoms with Gasteiger partial charge in [-0.05, 0) is 37.3 Å². The van der Waals surface area contributed by atoms with Gasteiger partial charge in [0, 0.05) is 23.6 Å². The van der Waals surface area contributed by atoms with Crippen molar-refractivity contribution in [3.63, 3.8) is 0 Å². The second-order valence-corrected chi connectivity index (χ2v) is 5.97. The van der Waals surface area contributed by atoms with Gasteiger partial charge in [0.25, 0.3) is 0 Å². The Hall–Kier alpha value is -1.95. The third-order valence-electron chi connectivity index (χ3n) is 3.76. The van der Waals surface area contributed by atoms with Gasteiger partial charge in [-0.25, -0.2) is 4.98 Å². The van der Waals surface area contributed by atoms with Crippen LogP contribution in [0.2, 0.25) is 0 Å². The number of aromatic amines is 1. The van der Waals surface area contributed by atoms with Crippen molar-refractivity contribution in [1.82, 2.24) is 15.3 Å². The van der Waals surface area contributed by atoms with Crippen LogP contribution in [0.4, 0.5) is 0 Å². The molecule has 0 saturated heterocycles. The van der Waals surface area contributed by atoms with E-state index in [2.05, 4.69) is 15.3 Å². The molecule has 2 aromatic rings. The van der Waals surface area contributed by atoms with Gasteiger partial charge in [-0.1, -0.05) is 0 Å². The summed E-state index contributed by atoms with van der Waals surface area (Å²) >= 11 is 1.54. The fourth-order valence-corrected chi connectivity index (χ4v) is 3.31. The van der Waals surface area contributed by atoms with Crippen LogP contribution in [0, 0.1) is 0 Å². The number of carbonyl (C=O) groups is 1. The number of hydrogen-bond donors (Lipinski definition) is 2. The zero-order valence-electron chi connectivity index (χ0n) is 11.6. The fourth-order valence-electron chi connectivity index (χ4n) is 2.72. The lowest BCUT2D eigenvalue weighted by Gasteiger charge is -2.25. The third kappa shape index (κ3) is 3.39. The molecule has 0 fully saturated rings. The van der Waals surface area contributed by atoms with Crippen LogP contribution in [0.1, 0.15) is 42.3 Å². The highest BCUT2D eigenvalue weighted by atomic mass is 32.1. The van der Waals surface area contributed by atoms with Gasteiger partial charge in [0.05, 0.1) is 17.2 Å². The summed E-state index contributed by atoms with van der Waals surface area (Å²) in [7, 11) is 0. The summed E-state index contributed by atoms with van der Waals surface area (Å²) in [5.74, 6) is 0.0343. The maximum Gasteiger partial charge on any atom is 0.248 e. The Kier molecular flexibility index (Phi) is 4.15. The zero-order chi connectivity index (χ0) is 14.7. The largest absolute Gasteiger partial charge is 0.349 e. The number of hydrogen-bond acceptors (Lipinski definition) is 4. The first kappa shape index (κ1) is 14.0. The van der Waals surface area contributed by atoms with E-state index in [1.54, 1.807) is 16.8 Å². The van der Waals surface area contributed by atoms with E-state index in [9.17, 15) is 9.59 Å². The van der Waals surface area contributed by atoms with Gasteiger partial charge in [0.15, 0.2) is 0 Å². The van der Waals surface area contributed by atoms with E-state index in [0.29, 0.717) is 12.8 Å². The van der Waals surface area contributed by atoms with Crippen LogP contribution in [0.5, 0.6) is 0 Å². The van der Waals surface area contributed by atoms with E-state index in [-0.39, 0.29) is 17.5 Å². The molecule has 1 unspecified atom stereocenters. The molecule has 21 heavy (non-hydrogen) atoms. The van der Waals surface area contributed by atoms with Crippen molar-refractivity contribution in [1.29, 1.82) is 0 Å². The van der Waals surface area contributed by atoms with Crippen molar-refractivity contribution in [2.75, 3.05) is 0 Å². The lowest BCUT2D eigenvalue weighted by Crippen LogP contribution is -2.32. The Morgan fingerprint density at radius 2 is 2.38 bits per heavy atom. The number of thiazole rings is 1. The molecule has 0 aromatic carbocycles. The summed E-state index contributed by atoms with van der Waals surface area (Å²) < 4.78 is 0. The van der Waals surface area contributed by atoms with Crippen LogP contribution >= 0.6 is 11.3 Å². The lowest BCUT2D eigenvalue weighted by atomic mass is 9.91. The first-order valence-corrected chi connectivity index (χ1v) is 8.05. The number of amides is 1. The van der Waals surface area contributed by atoms with E-state index >= 15 is 0 Å². The van der Waals surface area contributed by atoms with E-state index in [0.717, 1.165) is 36.2 Å². The van der Waals surface area contributed by atoms with Crippen molar-refractivity contribution >= 4 is 17.2 Å². The monoisotopic (exact) mass is 303 g/mol. The number of rotatable bonds is 4. The second kappa shape index (κ2) is 6.22. The van der Waals surface area contributed by atoms with Crippen molar-refractivity contribution in [2.45, 2.75) is 38.1 Å². The number of aryl methyl sites for hydroxylation is 2. The Bertz CT molecular complexity index is 678. The summed E-state index contributed by atoms with van der Waals surface area (Å²) in [5, 5.41) is 5.04. The quantitative estimate of drug-likeness (QED) is 0.906. The average molecular weight is 303 g/mol. The molecule has 3 rings (SSSR count). The van der Waals surface area contributed by atoms with Crippen LogP contribution in [-0.4, -0.2) is 15.9 Å². The van der Waals surface area contributed by atoms with Gasteiger partial charge in [0.1, 0.15) is 0 Å². The van der Waals surface area contributed by atoms with Crippen molar-refractivity contribution in [2.24, 2.45) is 0 Å². The van der Waals surface area contributed by atoms with Crippen LogP contribution in [0.3, 0.4) is 0 Å². The van der Waals surface area contributed by atoms with Gasteiger partial charge in [0.2, 0.25) is 11.5 Å². The van der Waals surface area contributed by atoms with E-state index < -0.39 is 0 Å². The summed E-state index contributed by atoms with van der Waals surface area (Å²) in [4.78, 5) is 30.5. The van der Waals surface area contributed by atoms with Gasteiger partial charge in [-0.3, -0.25) is 9.59 Å². The molecule has 1 atom stereocenters. The minimum Gasteiger partial charge on any atom is -0.349 e. The Morgan fingerprint density at radius 3 is 3.19 bits per heavy atom. The first-order chi connectivity index (χ1) is 10.2. The molecule has 6 heteroatoms. The van der Waals surface area contributed by atoms with Gasteiger partial charge in [-0.2, -0.15) is 0 Å². The predicted molar refractivity (Wildman–Crippen MR) is 81.3 cm³/mol. The van der Waals surface area contributed by atoms with E-state index in [1.165, 1.54) is 6.07 Å². The minimum atomic E-state index is -0.0794. The molecule has 0 bridgehead atoms. The molecule has 1 aliphatic rings. The maximum atomic E-state index is 12.1. The molecular weight excluding hydrogens is 286 g/mol. The molecule has 0 aliphatic heterocycles. The molecule has 1 aliphatic carbocycles. The third-order valence-corrected chi connectivity index (χ3v) is 4.39. The number of aromatic nitrogens is 2. The number of pyridine rings is 1. The Balaban J connectivity index is 1.63. The molecule has 0 saturated carbocycles. The molecule has 2 heterocycles. The van der Waals surface area contributed by atoms with Gasteiger partial charge < -0.3 is 10.3 Å². The van der Waals surface area contributed by atoms with Crippen molar-refractivity contribution in [3.05, 3.63) is 50.3 Å². The number of carbonyl (C=O) groups excluding carboxylic acids is 1. The molecular formula is C15H17N3O2S. The van der Waals surface area contributed by atoms with Gasteiger partial charge >= 0.3 is 0 Å². The normalized spacial score (nSPS) is 17.2. The molecule has 2 N–H and O–H groups in total. The lowest BCUT2D eigenvalue weighted by molar-refractivity contribution is -0.121. The molecule has 2 aromatic heterocycles. The molecule has 1 amide bonds. The SMILES string of the molecule is O=C(CCc1cscn1)NC1CCCc2[nH]c(=O)ccc21. The standard InChI is InChI=1S/C15H17N3O2S/c19-14(6-4-10-8-21-9-16-10)17-12-2-1-3-13-11(12)5-7-15(20)18-13/h5,7-9,12H,1-4,6H2,(H,17,19)(H,18,20). The summed E-state index contributed by atoms with van der Waals surface area (Å²) in [6.07, 6.45) is 3.88. The molecule has 0 radical (unpaired) electrons. The molecule has 5 nitrogen and oxygen atoms in total. The smallest absolute Gasteiger partial charge is 0.248 e. The summed E-state index contributed by atoms with van der Waals surface area (Å²) in [5.41, 5.74) is 4.66. The maximum absolute atomic E-state index is 12.1. The second-order valence-electron chi connectivity index (χ2n) is 5.25. The Morgan fingerprint density at radius 1 is 1.48 bits per heavy atom. The highest BCUT2D eigenvalue weighted by molar-refractivity contribution is 7.07. The summed E-state index contributed by atoms with van der Waals surface area (Å²) in [6, 6.07) is 3.37. The highest BCUT2D eigenvalue weighted by Crippen LogP contribution is 2.27. The van der Waals surface area contributed by atoms with E-state index in [4.69, 9.17) is 0 Å². The topological polar surface area (TPSA) is 74.8 Å². The van der Waals surface area contributed by atoms with Crippen molar-refractivity contribution in [3.8, 4) is 0 Å². The van der Waals surface area contributed by atoms with Gasteiger partial charge in [-0.15, -0.1) is 11.3 Å². The van der Waals surface area contributed by atoms with Crippen LogP contribution in [-0.2, 0) is 17.6 Å². The van der Waals surface area contributed by atoms with Crippen LogP contribution in [0.15, 0.2) is 27.8 Å². The number of nitrogens with zero attached hydrogens (tertiary/aromatic N) is 1. The average Bonchev–Trinajstić information content (AvgIpc) is 2.98. The minimum absolute atomic E-state index is 0.00790. The van der Waals surface area contributed by atoms with E-state index in [1.807, 2.05) is 11.4 Å². The summed E-state index contributed by atoms with van der Waals surface area (Å²) in [6.45, 7) is 0. The zero-order valence-corrected chi connectivity index (χ0v) is 12.4. The van der Waals surface area contributed by atoms with Crippen molar-refractivity contribution < 1.29 is 4.79 Å². The number of nitrogens with one attached hydrogen (secondary N) is 2. The number of fused-ring (bicyclic) bond motifs is 1. The number of H-pyrrole nitrogens is 1.